The number of rotatable bonds is 4. The second-order valence-corrected chi connectivity index (χ2v) is 8.35. The van der Waals surface area contributed by atoms with Gasteiger partial charge in [0.05, 0.1) is 10.6 Å². The number of hydrogen-bond acceptors (Lipinski definition) is 4. The first kappa shape index (κ1) is 18.9. The number of carboxylic acid groups (broad SMARTS) is 1. The van der Waals surface area contributed by atoms with Gasteiger partial charge in [0, 0.05) is 16.2 Å². The standard InChI is InChI=1S/C21H16FNO5S/c1-11-9-13(22)7-8-18(11)29(26,27)23-17-10-16-19(21(24)25)12(2)28-20(16)15-6-4-3-5-14(15)17/h3-10,23H,1-2H3,(H,24,25). The fourth-order valence-electron chi connectivity index (χ4n) is 3.50. The average molecular weight is 413 g/mol. The molecule has 148 valence electrons. The third-order valence-electron chi connectivity index (χ3n) is 4.76. The van der Waals surface area contributed by atoms with E-state index in [0.717, 1.165) is 12.1 Å². The van der Waals surface area contributed by atoms with Gasteiger partial charge in [-0.1, -0.05) is 24.3 Å². The third-order valence-corrected chi connectivity index (χ3v) is 6.28. The van der Waals surface area contributed by atoms with Crippen molar-refractivity contribution in [2.75, 3.05) is 4.72 Å². The molecular weight excluding hydrogens is 397 g/mol. The van der Waals surface area contributed by atoms with E-state index in [2.05, 4.69) is 4.72 Å². The van der Waals surface area contributed by atoms with Gasteiger partial charge in [0.1, 0.15) is 22.7 Å². The number of fused-ring (bicyclic) bond motifs is 3. The van der Waals surface area contributed by atoms with Gasteiger partial charge in [-0.2, -0.15) is 0 Å². The summed E-state index contributed by atoms with van der Waals surface area (Å²) >= 11 is 0. The Bertz CT molecular complexity index is 1410. The Morgan fingerprint density at radius 2 is 1.72 bits per heavy atom. The summed E-state index contributed by atoms with van der Waals surface area (Å²) in [5, 5.41) is 11.0. The predicted octanol–water partition coefficient (Wildman–Crippen LogP) is 4.84. The van der Waals surface area contributed by atoms with Gasteiger partial charge in [-0.15, -0.1) is 0 Å². The summed E-state index contributed by atoms with van der Waals surface area (Å²) in [5.41, 5.74) is 0.814. The normalized spacial score (nSPS) is 11.8. The molecule has 4 aromatic rings. The molecule has 4 rings (SSSR count). The third kappa shape index (κ3) is 3.11. The molecule has 1 heterocycles. The van der Waals surface area contributed by atoms with Crippen LogP contribution in [-0.2, 0) is 10.0 Å². The van der Waals surface area contributed by atoms with Crippen LogP contribution in [0.1, 0.15) is 21.7 Å². The fourth-order valence-corrected chi connectivity index (χ4v) is 4.80. The van der Waals surface area contributed by atoms with Gasteiger partial charge in [-0.05, 0) is 43.7 Å². The summed E-state index contributed by atoms with van der Waals surface area (Å²) < 4.78 is 47.5. The van der Waals surface area contributed by atoms with Crippen molar-refractivity contribution in [3.8, 4) is 0 Å². The predicted molar refractivity (Wildman–Crippen MR) is 107 cm³/mol. The molecule has 6 nitrogen and oxygen atoms in total. The second-order valence-electron chi connectivity index (χ2n) is 6.70. The fraction of sp³-hybridized carbons (Fsp3) is 0.0952. The van der Waals surface area contributed by atoms with E-state index in [9.17, 15) is 22.7 Å². The number of sulfonamides is 1. The van der Waals surface area contributed by atoms with Crippen molar-refractivity contribution in [1.29, 1.82) is 0 Å². The van der Waals surface area contributed by atoms with Crippen LogP contribution in [0, 0.1) is 19.7 Å². The van der Waals surface area contributed by atoms with Gasteiger partial charge < -0.3 is 9.52 Å². The Balaban J connectivity index is 1.97. The number of benzene rings is 3. The SMILES string of the molecule is Cc1cc(F)ccc1S(=O)(=O)Nc1cc2c(C(=O)O)c(C)oc2c2ccccc12. The van der Waals surface area contributed by atoms with Crippen molar-refractivity contribution in [2.45, 2.75) is 18.7 Å². The summed E-state index contributed by atoms with van der Waals surface area (Å²) in [6.45, 7) is 3.05. The van der Waals surface area contributed by atoms with Crippen molar-refractivity contribution in [2.24, 2.45) is 0 Å². The summed E-state index contributed by atoms with van der Waals surface area (Å²) in [5.74, 6) is -1.47. The molecule has 3 aromatic carbocycles. The van der Waals surface area contributed by atoms with E-state index in [-0.39, 0.29) is 27.5 Å². The van der Waals surface area contributed by atoms with Crippen LogP contribution in [0.2, 0.25) is 0 Å². The van der Waals surface area contributed by atoms with Gasteiger partial charge in [-0.3, -0.25) is 4.72 Å². The van der Waals surface area contributed by atoms with Gasteiger partial charge >= 0.3 is 5.97 Å². The van der Waals surface area contributed by atoms with E-state index >= 15 is 0 Å². The lowest BCUT2D eigenvalue weighted by molar-refractivity contribution is 0.0697. The van der Waals surface area contributed by atoms with Crippen LogP contribution in [-0.4, -0.2) is 19.5 Å². The van der Waals surface area contributed by atoms with E-state index in [1.165, 1.54) is 19.1 Å². The molecule has 0 fully saturated rings. The van der Waals surface area contributed by atoms with Crippen LogP contribution in [0.4, 0.5) is 10.1 Å². The van der Waals surface area contributed by atoms with Crippen LogP contribution in [0.5, 0.6) is 0 Å². The minimum absolute atomic E-state index is 0.0239. The molecule has 0 aliphatic heterocycles. The van der Waals surface area contributed by atoms with Gasteiger partial charge in [-0.25, -0.2) is 17.6 Å². The lowest BCUT2D eigenvalue weighted by Crippen LogP contribution is -2.14. The van der Waals surface area contributed by atoms with E-state index in [1.807, 2.05) is 0 Å². The topological polar surface area (TPSA) is 96.6 Å². The molecule has 8 heteroatoms. The maximum absolute atomic E-state index is 13.4. The maximum atomic E-state index is 13.4. The van der Waals surface area contributed by atoms with Crippen molar-refractivity contribution >= 4 is 43.4 Å². The zero-order valence-electron chi connectivity index (χ0n) is 15.5. The molecule has 0 aliphatic carbocycles. The maximum Gasteiger partial charge on any atom is 0.339 e. The largest absolute Gasteiger partial charge is 0.478 e. The van der Waals surface area contributed by atoms with Gasteiger partial charge in [0.25, 0.3) is 10.0 Å². The second kappa shape index (κ2) is 6.59. The van der Waals surface area contributed by atoms with Crippen molar-refractivity contribution in [1.82, 2.24) is 0 Å². The molecule has 0 unspecified atom stereocenters. The van der Waals surface area contributed by atoms with Gasteiger partial charge in [0.15, 0.2) is 0 Å². The first-order valence-corrected chi connectivity index (χ1v) is 10.1. The van der Waals surface area contributed by atoms with Crippen molar-refractivity contribution in [3.05, 3.63) is 71.2 Å². The number of carboxylic acids is 1. The molecular formula is C21H16FNO5S. The first-order valence-electron chi connectivity index (χ1n) is 8.66. The van der Waals surface area contributed by atoms with E-state index in [0.29, 0.717) is 21.7 Å². The molecule has 2 N–H and O–H groups in total. The number of nitrogens with one attached hydrogen (secondary N) is 1. The van der Waals surface area contributed by atoms with Crippen LogP contribution >= 0.6 is 0 Å². The van der Waals surface area contributed by atoms with Crippen LogP contribution in [0.25, 0.3) is 21.7 Å². The van der Waals surface area contributed by atoms with Crippen molar-refractivity contribution < 1.29 is 27.1 Å². The van der Waals surface area contributed by atoms with Crippen molar-refractivity contribution in [3.63, 3.8) is 0 Å². The molecule has 0 spiro atoms. The monoisotopic (exact) mass is 413 g/mol. The Hall–Kier alpha value is -3.39. The van der Waals surface area contributed by atoms with E-state index in [1.54, 1.807) is 31.2 Å². The summed E-state index contributed by atoms with van der Waals surface area (Å²) in [7, 11) is -4.04. The minimum atomic E-state index is -4.04. The molecule has 0 saturated carbocycles. The Kier molecular flexibility index (Phi) is 4.31. The Morgan fingerprint density at radius 3 is 2.38 bits per heavy atom. The molecule has 0 aliphatic rings. The highest BCUT2D eigenvalue weighted by molar-refractivity contribution is 7.92. The zero-order valence-corrected chi connectivity index (χ0v) is 16.3. The summed E-state index contributed by atoms with van der Waals surface area (Å²) in [6.07, 6.45) is 0. The lowest BCUT2D eigenvalue weighted by atomic mass is 10.0. The van der Waals surface area contributed by atoms with Crippen LogP contribution in [0.3, 0.4) is 0 Å². The van der Waals surface area contributed by atoms with Crippen LogP contribution in [0.15, 0.2) is 57.8 Å². The van der Waals surface area contributed by atoms with Crippen LogP contribution < -0.4 is 4.72 Å². The molecule has 0 amide bonds. The number of aromatic carboxylic acids is 1. The van der Waals surface area contributed by atoms with Gasteiger partial charge in [0.2, 0.25) is 0 Å². The smallest absolute Gasteiger partial charge is 0.339 e. The Morgan fingerprint density at radius 1 is 1.03 bits per heavy atom. The minimum Gasteiger partial charge on any atom is -0.478 e. The number of halogens is 1. The zero-order chi connectivity index (χ0) is 20.9. The highest BCUT2D eigenvalue weighted by atomic mass is 32.2. The van der Waals surface area contributed by atoms with E-state index in [4.69, 9.17) is 4.42 Å². The molecule has 0 radical (unpaired) electrons. The molecule has 1 aromatic heterocycles. The quantitative estimate of drug-likeness (QED) is 0.499. The number of furan rings is 1. The molecule has 0 saturated heterocycles. The molecule has 0 bridgehead atoms. The summed E-state index contributed by atoms with van der Waals surface area (Å²) in [6, 6.07) is 11.8. The highest BCUT2D eigenvalue weighted by Crippen LogP contribution is 2.37. The first-order chi connectivity index (χ1) is 13.7. The number of carbonyl (C=O) groups is 1. The molecule has 29 heavy (non-hydrogen) atoms. The lowest BCUT2D eigenvalue weighted by Gasteiger charge is -2.13. The summed E-state index contributed by atoms with van der Waals surface area (Å²) in [4.78, 5) is 11.6. The number of anilines is 1. The van der Waals surface area contributed by atoms with E-state index < -0.39 is 21.8 Å². The number of aryl methyl sites for hydroxylation is 2. The average Bonchev–Trinajstić information content (AvgIpc) is 2.97. The Labute approximate surface area is 165 Å². The number of hydrogen-bond donors (Lipinski definition) is 2. The molecule has 0 atom stereocenters. The highest BCUT2D eigenvalue weighted by Gasteiger charge is 2.23.